The van der Waals surface area contributed by atoms with E-state index in [-0.39, 0.29) is 17.1 Å². The van der Waals surface area contributed by atoms with Crippen molar-refractivity contribution in [1.29, 1.82) is 0 Å². The van der Waals surface area contributed by atoms with Crippen LogP contribution in [0.15, 0.2) is 109 Å². The quantitative estimate of drug-likeness (QED) is 0.113. The Kier molecular flexibility index (Phi) is 5.90. The van der Waals surface area contributed by atoms with Crippen molar-refractivity contribution in [3.8, 4) is 11.1 Å². The van der Waals surface area contributed by atoms with Crippen LogP contribution < -0.4 is 0 Å². The molecule has 7 aromatic rings. The van der Waals surface area contributed by atoms with Crippen LogP contribution in [0.2, 0.25) is 0 Å². The average molecular weight is 592 g/mol. The fourth-order valence-electron chi connectivity index (χ4n) is 6.30. The molecule has 2 aliphatic heterocycles. The van der Waals surface area contributed by atoms with Crippen LogP contribution >= 0.6 is 0 Å². The largest absolute Gasteiger partial charge is 0.355 e. The molecule has 2 aliphatic rings. The van der Waals surface area contributed by atoms with Gasteiger partial charge in [-0.25, -0.2) is 9.97 Å². The monoisotopic (exact) mass is 591 g/mol. The van der Waals surface area contributed by atoms with E-state index in [2.05, 4.69) is 137 Å². The standard InChI is InChI=1S/C38H24N4.Mn/c1-2-5-25-19-34-26(18-24(25)4-1)9-8-23-6-3-7-33(37(23)34)38-35-16-14-31(41-35)21-29-12-10-27(39-29)20-28-11-13-30(40-28)22-32-15-17-36(38)42-32;/h1-22,39,42H;. The second-order valence-corrected chi connectivity index (χ2v) is 10.9. The van der Waals surface area contributed by atoms with Gasteiger partial charge in [-0.05, 0) is 117 Å². The van der Waals surface area contributed by atoms with Crippen molar-refractivity contribution in [3.05, 3.63) is 132 Å². The molecule has 5 heterocycles. The summed E-state index contributed by atoms with van der Waals surface area (Å²) >= 11 is 0. The summed E-state index contributed by atoms with van der Waals surface area (Å²) in [5.74, 6) is 0. The number of fused-ring (bicyclic) bond motifs is 12. The van der Waals surface area contributed by atoms with Crippen LogP contribution in [0.3, 0.4) is 0 Å². The molecule has 5 heteroatoms. The number of aromatic amines is 2. The van der Waals surface area contributed by atoms with Crippen LogP contribution in [-0.2, 0) is 17.1 Å². The van der Waals surface area contributed by atoms with Crippen LogP contribution in [0, 0.1) is 0 Å². The Bertz CT molecular complexity index is 2480. The van der Waals surface area contributed by atoms with Crippen molar-refractivity contribution in [3.63, 3.8) is 0 Å². The van der Waals surface area contributed by atoms with Crippen molar-refractivity contribution >= 4 is 78.7 Å². The molecule has 0 aliphatic carbocycles. The molecule has 3 aromatic heterocycles. The molecule has 43 heavy (non-hydrogen) atoms. The zero-order valence-corrected chi connectivity index (χ0v) is 24.2. The molecule has 0 spiro atoms. The molecule has 1 radical (unpaired) electrons. The van der Waals surface area contributed by atoms with Gasteiger partial charge in [-0.2, -0.15) is 0 Å². The zero-order valence-electron chi connectivity index (χ0n) is 23.0. The molecule has 9 rings (SSSR count). The minimum absolute atomic E-state index is 0. The van der Waals surface area contributed by atoms with E-state index in [9.17, 15) is 0 Å². The Morgan fingerprint density at radius 3 is 1.88 bits per heavy atom. The summed E-state index contributed by atoms with van der Waals surface area (Å²) in [7, 11) is 0. The summed E-state index contributed by atoms with van der Waals surface area (Å²) in [6.45, 7) is 0. The smallest absolute Gasteiger partial charge is 0.0737 e. The normalized spacial score (nSPS) is 12.3. The van der Waals surface area contributed by atoms with Gasteiger partial charge in [-0.3, -0.25) is 0 Å². The Hall–Kier alpha value is -5.22. The molecule has 4 nitrogen and oxygen atoms in total. The number of rotatable bonds is 1. The van der Waals surface area contributed by atoms with Crippen molar-refractivity contribution in [2.24, 2.45) is 0 Å². The number of hydrogen-bond acceptors (Lipinski definition) is 2. The van der Waals surface area contributed by atoms with Crippen molar-refractivity contribution in [2.75, 3.05) is 0 Å². The van der Waals surface area contributed by atoms with Crippen molar-refractivity contribution < 1.29 is 17.1 Å². The summed E-state index contributed by atoms with van der Waals surface area (Å²) in [5.41, 5.74) is 9.92. The number of aromatic nitrogens is 4. The fraction of sp³-hybridized carbons (Fsp3) is 0. The van der Waals surface area contributed by atoms with Gasteiger partial charge in [0.15, 0.2) is 0 Å². The van der Waals surface area contributed by atoms with Gasteiger partial charge < -0.3 is 9.97 Å². The number of nitrogens with zero attached hydrogens (tertiary/aromatic N) is 2. The van der Waals surface area contributed by atoms with Gasteiger partial charge in [0.1, 0.15) is 0 Å². The molecule has 0 amide bonds. The summed E-state index contributed by atoms with van der Waals surface area (Å²) in [6.07, 6.45) is 8.32. The van der Waals surface area contributed by atoms with Crippen LogP contribution in [0.1, 0.15) is 22.8 Å². The molecule has 8 bridgehead atoms. The van der Waals surface area contributed by atoms with Crippen molar-refractivity contribution in [1.82, 2.24) is 19.9 Å². The number of nitrogens with one attached hydrogen (secondary N) is 2. The maximum Gasteiger partial charge on any atom is 0.0737 e. The van der Waals surface area contributed by atoms with E-state index in [0.717, 1.165) is 56.0 Å². The third kappa shape index (κ3) is 4.38. The van der Waals surface area contributed by atoms with Gasteiger partial charge in [0, 0.05) is 44.7 Å². The summed E-state index contributed by atoms with van der Waals surface area (Å²) in [6, 6.07) is 38.9. The van der Waals surface area contributed by atoms with Crippen LogP contribution in [0.5, 0.6) is 0 Å². The van der Waals surface area contributed by atoms with E-state index in [1.807, 2.05) is 6.08 Å². The molecule has 0 unspecified atom stereocenters. The van der Waals surface area contributed by atoms with Crippen molar-refractivity contribution in [2.45, 2.75) is 0 Å². The second kappa shape index (κ2) is 9.95. The predicted molar refractivity (Wildman–Crippen MR) is 177 cm³/mol. The third-order valence-electron chi connectivity index (χ3n) is 8.22. The van der Waals surface area contributed by atoms with E-state index in [4.69, 9.17) is 9.97 Å². The minimum atomic E-state index is 0. The van der Waals surface area contributed by atoms with Crippen LogP contribution in [0.4, 0.5) is 0 Å². The number of H-pyrrole nitrogens is 2. The fourth-order valence-corrected chi connectivity index (χ4v) is 6.30. The molecular formula is C38H24MnN4. The molecule has 0 saturated carbocycles. The average Bonchev–Trinajstić information content (AvgIpc) is 3.83. The Balaban J connectivity index is 0.00000278. The first-order valence-corrected chi connectivity index (χ1v) is 14.2. The van der Waals surface area contributed by atoms with Gasteiger partial charge in [0.2, 0.25) is 0 Å². The molecule has 0 fully saturated rings. The van der Waals surface area contributed by atoms with E-state index >= 15 is 0 Å². The molecule has 2 N–H and O–H groups in total. The van der Waals surface area contributed by atoms with Gasteiger partial charge >= 0.3 is 0 Å². The minimum Gasteiger partial charge on any atom is -0.355 e. The first-order valence-electron chi connectivity index (χ1n) is 14.2. The van der Waals surface area contributed by atoms with Crippen LogP contribution in [-0.4, -0.2) is 19.9 Å². The molecular weight excluding hydrogens is 567 g/mol. The Morgan fingerprint density at radius 1 is 0.465 bits per heavy atom. The predicted octanol–water partition coefficient (Wildman–Crippen LogP) is 9.78. The molecule has 0 atom stereocenters. The molecule has 203 valence electrons. The summed E-state index contributed by atoms with van der Waals surface area (Å²) < 4.78 is 0. The SMILES string of the molecule is C1=Cc2cc3ccc([nH]3)c(-c3cccc4ccc5cc6ccccc6cc5c34)c3nc(cc4ccc(cc1n2)[nH]4)C=C3.[Mn]. The van der Waals surface area contributed by atoms with Gasteiger partial charge in [-0.1, -0.05) is 54.6 Å². The molecule has 0 saturated heterocycles. The van der Waals surface area contributed by atoms with Crippen LogP contribution in [0.25, 0.3) is 89.8 Å². The number of benzene rings is 4. The Labute approximate surface area is 258 Å². The third-order valence-corrected chi connectivity index (χ3v) is 8.22. The topological polar surface area (TPSA) is 57.4 Å². The van der Waals surface area contributed by atoms with Gasteiger partial charge in [0.25, 0.3) is 0 Å². The first kappa shape index (κ1) is 25.5. The maximum atomic E-state index is 5.15. The maximum absolute atomic E-state index is 5.15. The summed E-state index contributed by atoms with van der Waals surface area (Å²) in [4.78, 5) is 17.1. The Morgan fingerprint density at radius 2 is 1.09 bits per heavy atom. The van der Waals surface area contributed by atoms with Gasteiger partial charge in [-0.15, -0.1) is 0 Å². The van der Waals surface area contributed by atoms with E-state index < -0.39 is 0 Å². The summed E-state index contributed by atoms with van der Waals surface area (Å²) in [5, 5.41) is 7.38. The van der Waals surface area contributed by atoms with E-state index in [1.54, 1.807) is 0 Å². The second-order valence-electron chi connectivity index (χ2n) is 10.9. The number of hydrogen-bond donors (Lipinski definition) is 2. The van der Waals surface area contributed by atoms with E-state index in [0.29, 0.717) is 0 Å². The first-order chi connectivity index (χ1) is 20.7. The zero-order chi connectivity index (χ0) is 27.6. The van der Waals surface area contributed by atoms with Gasteiger partial charge in [0.05, 0.1) is 22.8 Å². The van der Waals surface area contributed by atoms with E-state index in [1.165, 1.54) is 32.3 Å². The molecule has 4 aromatic carbocycles.